The number of nitrogens with zero attached hydrogens (tertiary/aromatic N) is 5. The number of piperidine rings is 1. The van der Waals surface area contributed by atoms with Gasteiger partial charge in [0.25, 0.3) is 5.91 Å². The highest BCUT2D eigenvalue weighted by atomic mass is 16.2. The van der Waals surface area contributed by atoms with Gasteiger partial charge in [0.1, 0.15) is 0 Å². The van der Waals surface area contributed by atoms with E-state index in [9.17, 15) is 14.4 Å². The topological polar surface area (TPSA) is 78.8 Å². The molecule has 0 spiro atoms. The molecule has 2 saturated heterocycles. The van der Waals surface area contributed by atoms with Gasteiger partial charge in [-0.05, 0) is 32.1 Å². The summed E-state index contributed by atoms with van der Waals surface area (Å²) in [5.74, 6) is 0.0550. The Kier molecular flexibility index (Phi) is 5.87. The Morgan fingerprint density at radius 2 is 1.38 bits per heavy atom. The minimum Gasteiger partial charge on any atom is -0.343 e. The first-order valence-electron chi connectivity index (χ1n) is 10.9. The maximum atomic E-state index is 13.0. The van der Waals surface area contributed by atoms with Crippen molar-refractivity contribution in [1.82, 2.24) is 24.5 Å². The summed E-state index contributed by atoms with van der Waals surface area (Å²) in [5.41, 5.74) is 2.42. The van der Waals surface area contributed by atoms with Gasteiger partial charge in [0.2, 0.25) is 11.8 Å². The third-order valence-corrected chi connectivity index (χ3v) is 6.45. The van der Waals surface area contributed by atoms with Gasteiger partial charge < -0.3 is 14.7 Å². The van der Waals surface area contributed by atoms with Crippen molar-refractivity contribution in [1.29, 1.82) is 0 Å². The van der Waals surface area contributed by atoms with Crippen LogP contribution in [-0.4, -0.2) is 74.9 Å². The zero-order valence-corrected chi connectivity index (χ0v) is 17.4. The van der Waals surface area contributed by atoms with Gasteiger partial charge >= 0.3 is 0 Å². The van der Waals surface area contributed by atoms with Crippen molar-refractivity contribution in [3.8, 4) is 0 Å². The summed E-state index contributed by atoms with van der Waals surface area (Å²) in [6, 6.07) is 0. The van der Waals surface area contributed by atoms with E-state index in [1.807, 2.05) is 16.8 Å². The second-order valence-electron chi connectivity index (χ2n) is 8.40. The number of carbonyl (C=O) groups is 3. The number of hydrogen-bond donors (Lipinski definition) is 0. The van der Waals surface area contributed by atoms with Gasteiger partial charge in [0.05, 0.1) is 0 Å². The Hall–Kier alpha value is -2.38. The lowest BCUT2D eigenvalue weighted by Crippen LogP contribution is -2.39. The van der Waals surface area contributed by atoms with Crippen molar-refractivity contribution < 1.29 is 14.4 Å². The molecule has 0 aliphatic carbocycles. The molecule has 3 aliphatic heterocycles. The van der Waals surface area contributed by atoms with E-state index < -0.39 is 0 Å². The van der Waals surface area contributed by atoms with Crippen LogP contribution in [-0.2, 0) is 29.6 Å². The summed E-state index contributed by atoms with van der Waals surface area (Å²) >= 11 is 0. The van der Waals surface area contributed by atoms with Crippen LogP contribution in [0, 0.1) is 0 Å². The molecule has 8 heteroatoms. The van der Waals surface area contributed by atoms with Crippen LogP contribution in [0.1, 0.15) is 66.7 Å². The van der Waals surface area contributed by atoms with E-state index in [0.29, 0.717) is 25.2 Å². The zero-order valence-electron chi connectivity index (χ0n) is 17.4. The number of carbonyl (C=O) groups excluding carboxylic acids is 3. The van der Waals surface area contributed by atoms with Gasteiger partial charge in [-0.1, -0.05) is 0 Å². The smallest absolute Gasteiger partial charge is 0.274 e. The summed E-state index contributed by atoms with van der Waals surface area (Å²) in [5, 5.41) is 4.51. The van der Waals surface area contributed by atoms with Crippen molar-refractivity contribution in [2.45, 2.75) is 57.9 Å². The van der Waals surface area contributed by atoms with Gasteiger partial charge in [-0.15, -0.1) is 0 Å². The summed E-state index contributed by atoms with van der Waals surface area (Å²) in [6.07, 6.45) is 6.56. The van der Waals surface area contributed by atoms with Gasteiger partial charge in [0, 0.05) is 76.8 Å². The largest absolute Gasteiger partial charge is 0.343 e. The highest BCUT2D eigenvalue weighted by Crippen LogP contribution is 2.25. The van der Waals surface area contributed by atoms with Crippen LogP contribution in [0.25, 0.3) is 0 Å². The molecule has 0 bridgehead atoms. The molecule has 1 aromatic heterocycles. The standard InChI is InChI=1S/C21H31N5O3/c1-23-17-9-14-26(19(28)8-7-18(27)24-10-5-6-11-24)15-16(17)20(22-23)21(29)25-12-3-2-4-13-25/h2-15H2,1H3. The molecule has 1 aromatic rings. The van der Waals surface area contributed by atoms with Gasteiger partial charge in [-0.3, -0.25) is 19.1 Å². The quantitative estimate of drug-likeness (QED) is 0.763. The molecule has 0 saturated carbocycles. The van der Waals surface area contributed by atoms with Crippen molar-refractivity contribution in [3.05, 3.63) is 17.0 Å². The van der Waals surface area contributed by atoms with Crippen LogP contribution in [0.2, 0.25) is 0 Å². The third-order valence-electron chi connectivity index (χ3n) is 6.45. The molecular formula is C21H31N5O3. The van der Waals surface area contributed by atoms with Crippen LogP contribution in [0.4, 0.5) is 0 Å². The van der Waals surface area contributed by atoms with Gasteiger partial charge in [-0.2, -0.15) is 5.10 Å². The summed E-state index contributed by atoms with van der Waals surface area (Å²) in [6.45, 7) is 4.22. The highest BCUT2D eigenvalue weighted by Gasteiger charge is 2.31. The summed E-state index contributed by atoms with van der Waals surface area (Å²) in [4.78, 5) is 43.5. The van der Waals surface area contributed by atoms with Crippen LogP contribution < -0.4 is 0 Å². The van der Waals surface area contributed by atoms with Crippen LogP contribution in [0.15, 0.2) is 0 Å². The molecule has 4 heterocycles. The molecule has 8 nitrogen and oxygen atoms in total. The molecule has 158 valence electrons. The number of fused-ring (bicyclic) bond motifs is 1. The first-order chi connectivity index (χ1) is 14.0. The molecule has 0 radical (unpaired) electrons. The Morgan fingerprint density at radius 1 is 0.793 bits per heavy atom. The molecule has 2 fully saturated rings. The second kappa shape index (κ2) is 8.55. The first kappa shape index (κ1) is 19.9. The predicted molar refractivity (Wildman–Crippen MR) is 107 cm³/mol. The number of likely N-dealkylation sites (tertiary alicyclic amines) is 2. The number of rotatable bonds is 4. The molecule has 0 N–H and O–H groups in total. The van der Waals surface area contributed by atoms with Crippen LogP contribution in [0.5, 0.6) is 0 Å². The van der Waals surface area contributed by atoms with E-state index in [-0.39, 0.29) is 30.6 Å². The molecule has 4 rings (SSSR count). The number of amides is 3. The normalized spacial score (nSPS) is 19.4. The second-order valence-corrected chi connectivity index (χ2v) is 8.40. The van der Waals surface area contributed by atoms with E-state index in [1.54, 1.807) is 9.58 Å². The average Bonchev–Trinajstić information content (AvgIpc) is 3.40. The minimum absolute atomic E-state index is 0.0107. The molecule has 29 heavy (non-hydrogen) atoms. The van der Waals surface area contributed by atoms with E-state index in [4.69, 9.17) is 0 Å². The summed E-state index contributed by atoms with van der Waals surface area (Å²) < 4.78 is 1.80. The van der Waals surface area contributed by atoms with Crippen molar-refractivity contribution in [3.63, 3.8) is 0 Å². The summed E-state index contributed by atoms with van der Waals surface area (Å²) in [7, 11) is 1.87. The van der Waals surface area contributed by atoms with Gasteiger partial charge in [0.15, 0.2) is 5.69 Å². The third kappa shape index (κ3) is 4.16. The lowest BCUT2D eigenvalue weighted by molar-refractivity contribution is -0.137. The fourth-order valence-electron chi connectivity index (χ4n) is 4.72. The van der Waals surface area contributed by atoms with E-state index in [2.05, 4.69) is 5.10 Å². The van der Waals surface area contributed by atoms with Crippen molar-refractivity contribution in [2.24, 2.45) is 7.05 Å². The van der Waals surface area contributed by atoms with E-state index >= 15 is 0 Å². The zero-order chi connectivity index (χ0) is 20.4. The lowest BCUT2D eigenvalue weighted by atomic mass is 10.0. The Bertz CT molecular complexity index is 790. The molecule has 3 aliphatic rings. The van der Waals surface area contributed by atoms with Crippen molar-refractivity contribution >= 4 is 17.7 Å². The molecule has 0 unspecified atom stereocenters. The van der Waals surface area contributed by atoms with E-state index in [1.165, 1.54) is 6.42 Å². The molecular weight excluding hydrogens is 370 g/mol. The lowest BCUT2D eigenvalue weighted by Gasteiger charge is -2.29. The SMILES string of the molecule is Cn1nc(C(=O)N2CCCCC2)c2c1CCN(C(=O)CCC(=O)N1CCCC1)C2. The Labute approximate surface area is 171 Å². The molecule has 3 amide bonds. The number of aryl methyl sites for hydroxylation is 1. The van der Waals surface area contributed by atoms with Gasteiger partial charge in [-0.25, -0.2) is 0 Å². The number of aromatic nitrogens is 2. The first-order valence-corrected chi connectivity index (χ1v) is 10.9. The fraction of sp³-hybridized carbons (Fsp3) is 0.714. The molecule has 0 aromatic carbocycles. The Balaban J connectivity index is 1.41. The fourth-order valence-corrected chi connectivity index (χ4v) is 4.72. The van der Waals surface area contributed by atoms with Crippen LogP contribution >= 0.6 is 0 Å². The highest BCUT2D eigenvalue weighted by molar-refractivity contribution is 5.94. The number of hydrogen-bond acceptors (Lipinski definition) is 4. The average molecular weight is 402 g/mol. The minimum atomic E-state index is -0.0138. The maximum absolute atomic E-state index is 13.0. The van der Waals surface area contributed by atoms with E-state index in [0.717, 1.165) is 63.1 Å². The van der Waals surface area contributed by atoms with Crippen LogP contribution in [0.3, 0.4) is 0 Å². The maximum Gasteiger partial charge on any atom is 0.274 e. The monoisotopic (exact) mass is 401 g/mol. The molecule has 0 atom stereocenters. The van der Waals surface area contributed by atoms with Crippen molar-refractivity contribution in [2.75, 3.05) is 32.7 Å². The Morgan fingerprint density at radius 3 is 2.07 bits per heavy atom. The predicted octanol–water partition coefficient (Wildman–Crippen LogP) is 1.33.